The Morgan fingerprint density at radius 2 is 0.438 bits per heavy atom. The minimum atomic E-state index is -1.02. The van der Waals surface area contributed by atoms with E-state index in [0.29, 0.717) is 81.6 Å². The van der Waals surface area contributed by atoms with Gasteiger partial charge in [-0.3, -0.25) is 85.6 Å². The summed E-state index contributed by atoms with van der Waals surface area (Å²) in [6.45, 7) is 0. The molecule has 6 atom stereocenters. The third-order valence-corrected chi connectivity index (χ3v) is 19.7. The van der Waals surface area contributed by atoms with Crippen LogP contribution in [0.4, 0.5) is 0 Å². The Bertz CT molecular complexity index is 4720. The van der Waals surface area contributed by atoms with Crippen molar-refractivity contribution in [2.75, 3.05) is 0 Å². The van der Waals surface area contributed by atoms with Crippen molar-refractivity contribution in [2.24, 2.45) is 0 Å². The Hall–Kier alpha value is -9.32. The first-order valence-electron chi connectivity index (χ1n) is 27.6. The van der Waals surface area contributed by atoms with Crippen LogP contribution in [0.15, 0.2) is 111 Å². The zero-order chi connectivity index (χ0) is 54.4. The molecule has 3 fully saturated rings. The SMILES string of the molecule is O=C1c2ccc3c4ccc5c6c7ccc(c8ccc(c2c38)C(=O)N1C1CCCC[C@@H]1n1c(=O)c2cc3c(=O)n(c(=O)c3cc2c1=O)[C@H]1CCCC[C@@H]1n1c(=O)c2cc3c(=O)n(c(=O)c3cc2c1=O)[C@H]1CCCC[C@@H]1N(C5=O)C7=O)c64. The lowest BCUT2D eigenvalue weighted by atomic mass is 9.80. The van der Waals surface area contributed by atoms with Gasteiger partial charge in [0.25, 0.3) is 68.1 Å². The number of amides is 4. The zero-order valence-electron chi connectivity index (χ0n) is 42.5. The molecule has 0 N–H and O–H groups in total. The average Bonchev–Trinajstić information content (AvgIpc) is 4.19. The van der Waals surface area contributed by atoms with Crippen LogP contribution in [0.2, 0.25) is 0 Å². The second kappa shape index (κ2) is 15.3. The fourth-order valence-electron chi connectivity index (χ4n) is 16.2. The average molecular weight is 1060 g/mol. The molecule has 3 aliphatic carbocycles. The Morgan fingerprint density at radius 1 is 0.237 bits per heavy atom. The molecule has 20 aliphatic rings. The Labute approximate surface area is 446 Å². The number of nitrogens with zero attached hydrogens (tertiary/aromatic N) is 6. The molecule has 7 aromatic carbocycles. The molecule has 80 heavy (non-hydrogen) atoms. The molecule has 4 aromatic heterocycles. The number of hydrogen-bond acceptors (Lipinski definition) is 12. The van der Waals surface area contributed by atoms with Crippen molar-refractivity contribution in [3.63, 3.8) is 0 Å². The fraction of sp³-hybridized carbons (Fsp3) is 0.290. The smallest absolute Gasteiger partial charge is 0.261 e. The summed E-state index contributed by atoms with van der Waals surface area (Å²) in [4.78, 5) is 181. The van der Waals surface area contributed by atoms with Crippen LogP contribution in [0.3, 0.4) is 0 Å². The predicted molar refractivity (Wildman–Crippen MR) is 298 cm³/mol. The summed E-state index contributed by atoms with van der Waals surface area (Å²) in [6, 6.07) is 13.1. The van der Waals surface area contributed by atoms with Crippen LogP contribution in [-0.4, -0.2) is 63.8 Å². The molecule has 21 heterocycles. The first-order chi connectivity index (χ1) is 38.7. The van der Waals surface area contributed by atoms with Crippen molar-refractivity contribution in [2.45, 2.75) is 113 Å². The number of aromatic nitrogens is 4. The molecule has 0 saturated heterocycles. The minimum Gasteiger partial charge on any atom is -0.269 e. The fourth-order valence-corrected chi connectivity index (χ4v) is 16.2. The number of carbonyl (C=O) groups is 4. The molecule has 17 aliphatic heterocycles. The highest BCUT2D eigenvalue weighted by molar-refractivity contribution is 6.41. The van der Waals surface area contributed by atoms with Gasteiger partial charge in [0.05, 0.1) is 79.3 Å². The van der Waals surface area contributed by atoms with Gasteiger partial charge in [0.15, 0.2) is 0 Å². The van der Waals surface area contributed by atoms with E-state index in [4.69, 9.17) is 0 Å². The van der Waals surface area contributed by atoms with Gasteiger partial charge >= 0.3 is 0 Å². The zero-order valence-corrected chi connectivity index (χ0v) is 42.5. The number of rotatable bonds is 0. The van der Waals surface area contributed by atoms with Crippen LogP contribution in [0.25, 0.3) is 86.2 Å². The van der Waals surface area contributed by atoms with E-state index < -0.39 is 104 Å². The summed E-state index contributed by atoms with van der Waals surface area (Å²) in [5, 5.41) is 3.83. The summed E-state index contributed by atoms with van der Waals surface area (Å²) in [5.74, 6) is -2.39. The normalized spacial score (nSPS) is 23.1. The Balaban J connectivity index is 0.922. The number of hydrogen-bond donors (Lipinski definition) is 0. The molecule has 4 amide bonds. The van der Waals surface area contributed by atoms with Crippen LogP contribution in [0.1, 0.15) is 143 Å². The van der Waals surface area contributed by atoms with E-state index in [0.717, 1.165) is 18.3 Å². The van der Waals surface area contributed by atoms with Crippen LogP contribution >= 0.6 is 0 Å². The predicted octanol–water partition coefficient (Wildman–Crippen LogP) is 6.42. The standard InChI is InChI=1S/C62H42N6O12/c69-51-29-17-13-25-27-15-19-31-50-32-20-16-28(48(27)50)26-14-18-30(49(29)47(25)26)52(70)63(51)41-7-1-3-9-43(41)65-55(73)33-21-37-38(22-34(33)56(65)74)60(78)67(59(37)77)45-11-5-6-12-46(45)68-61(79)39-23-35-36(24-40(39)62(68)80)58(76)66(57(35)75)44-10-4-2-8-42(44)64(53(31)71)54(32)72/h13-24,41-46H,1-12H2/t41-,42?,43-,44-,45-,46-/m0/s1. The molecular weight excluding hydrogens is 1020 g/mol. The van der Waals surface area contributed by atoms with Gasteiger partial charge in [-0.2, -0.15) is 0 Å². The lowest BCUT2D eigenvalue weighted by molar-refractivity contribution is 0.0418. The van der Waals surface area contributed by atoms with Crippen LogP contribution < -0.4 is 44.5 Å². The molecule has 26 bridgehead atoms. The van der Waals surface area contributed by atoms with Crippen molar-refractivity contribution in [3.8, 4) is 0 Å². The van der Waals surface area contributed by atoms with E-state index >= 15 is 19.2 Å². The quantitative estimate of drug-likeness (QED) is 0.0910. The van der Waals surface area contributed by atoms with Crippen LogP contribution in [0.5, 0.6) is 0 Å². The molecule has 11 aromatic rings. The highest BCUT2D eigenvalue weighted by atomic mass is 16.2. The molecule has 392 valence electrons. The maximum Gasteiger partial charge on any atom is 0.261 e. The van der Waals surface area contributed by atoms with E-state index in [2.05, 4.69) is 0 Å². The number of imide groups is 2. The van der Waals surface area contributed by atoms with Crippen molar-refractivity contribution in [1.82, 2.24) is 28.1 Å². The van der Waals surface area contributed by atoms with Crippen molar-refractivity contribution in [3.05, 3.63) is 178 Å². The van der Waals surface area contributed by atoms with Crippen LogP contribution in [-0.2, 0) is 0 Å². The van der Waals surface area contributed by atoms with Gasteiger partial charge < -0.3 is 0 Å². The van der Waals surface area contributed by atoms with Gasteiger partial charge in [-0.05, 0) is 119 Å². The lowest BCUT2D eigenvalue weighted by Crippen LogP contribution is -2.53. The maximum absolute atomic E-state index is 15.1. The minimum absolute atomic E-state index is 0.116. The van der Waals surface area contributed by atoms with E-state index in [1.807, 2.05) is 0 Å². The Morgan fingerprint density at radius 3 is 0.662 bits per heavy atom. The van der Waals surface area contributed by atoms with Crippen LogP contribution in [0, 0.1) is 0 Å². The Kier molecular flexibility index (Phi) is 8.72. The summed E-state index contributed by atoms with van der Waals surface area (Å²) < 4.78 is 4.16. The summed E-state index contributed by atoms with van der Waals surface area (Å²) in [5.41, 5.74) is -5.09. The lowest BCUT2D eigenvalue weighted by Gasteiger charge is -2.41. The molecule has 0 radical (unpaired) electrons. The molecule has 3 saturated carbocycles. The molecular formula is C62H42N6O12. The third kappa shape index (κ3) is 5.30. The maximum atomic E-state index is 15.1. The van der Waals surface area contributed by atoms with E-state index in [-0.39, 0.29) is 104 Å². The second-order valence-electron chi connectivity index (χ2n) is 23.2. The van der Waals surface area contributed by atoms with Crippen molar-refractivity contribution < 1.29 is 19.2 Å². The first kappa shape index (κ1) is 45.7. The highest BCUT2D eigenvalue weighted by Gasteiger charge is 2.47. The van der Waals surface area contributed by atoms with E-state index in [1.54, 1.807) is 48.5 Å². The highest BCUT2D eigenvalue weighted by Crippen LogP contribution is 2.48. The first-order valence-corrected chi connectivity index (χ1v) is 27.6. The summed E-state index contributed by atoms with van der Waals surface area (Å²) in [7, 11) is 0. The number of carbonyl (C=O) groups excluding carboxylic acids is 4. The summed E-state index contributed by atoms with van der Waals surface area (Å²) >= 11 is 0. The summed E-state index contributed by atoms with van der Waals surface area (Å²) in [6.07, 6.45) is 4.91. The topological polar surface area (TPSA) is 231 Å². The van der Waals surface area contributed by atoms with Gasteiger partial charge in [0, 0.05) is 33.0 Å². The van der Waals surface area contributed by atoms with E-state index in [1.165, 1.54) is 34.1 Å². The molecule has 18 heteroatoms. The van der Waals surface area contributed by atoms with Crippen molar-refractivity contribution in [1.29, 1.82) is 0 Å². The van der Waals surface area contributed by atoms with Gasteiger partial charge in [0.1, 0.15) is 0 Å². The molecule has 1 unspecified atom stereocenters. The van der Waals surface area contributed by atoms with Gasteiger partial charge in [-0.25, -0.2) is 0 Å². The van der Waals surface area contributed by atoms with Gasteiger partial charge in [0.2, 0.25) is 0 Å². The number of benzene rings is 7. The molecule has 0 spiro atoms. The van der Waals surface area contributed by atoms with Gasteiger partial charge in [-0.15, -0.1) is 0 Å². The van der Waals surface area contributed by atoms with Crippen molar-refractivity contribution >= 4 is 110 Å². The molecule has 31 rings (SSSR count). The van der Waals surface area contributed by atoms with Gasteiger partial charge in [-0.1, -0.05) is 62.8 Å². The monoisotopic (exact) mass is 1060 g/mol. The molecule has 18 nitrogen and oxygen atoms in total. The van der Waals surface area contributed by atoms with E-state index in [9.17, 15) is 38.4 Å². The third-order valence-electron chi connectivity index (χ3n) is 19.7. The second-order valence-corrected chi connectivity index (χ2v) is 23.2. The largest absolute Gasteiger partial charge is 0.269 e.